The Hall–Kier alpha value is -6.38. The summed E-state index contributed by atoms with van der Waals surface area (Å²) in [7, 11) is 0. The van der Waals surface area contributed by atoms with Crippen molar-refractivity contribution in [2.24, 2.45) is 0 Å². The predicted octanol–water partition coefficient (Wildman–Crippen LogP) is 13.0. The molecule has 0 N–H and O–H groups in total. The zero-order valence-electron chi connectivity index (χ0n) is 27.6. The first-order valence-corrected chi connectivity index (χ1v) is 17.4. The van der Waals surface area contributed by atoms with E-state index in [9.17, 15) is 0 Å². The van der Waals surface area contributed by atoms with E-state index in [1.165, 1.54) is 120 Å². The molecule has 10 aromatic rings. The Kier molecular flexibility index (Phi) is 4.88. The number of aryl methyl sites for hydroxylation is 2. The van der Waals surface area contributed by atoms with Crippen molar-refractivity contribution in [3.63, 3.8) is 0 Å². The summed E-state index contributed by atoms with van der Waals surface area (Å²) >= 11 is 0. The van der Waals surface area contributed by atoms with Crippen LogP contribution in [0.2, 0.25) is 0 Å². The van der Waals surface area contributed by atoms with Crippen molar-refractivity contribution >= 4 is 64.6 Å². The van der Waals surface area contributed by atoms with Gasteiger partial charge in [0.1, 0.15) is 0 Å². The van der Waals surface area contributed by atoms with Crippen LogP contribution < -0.4 is 0 Å². The van der Waals surface area contributed by atoms with Crippen LogP contribution in [0.3, 0.4) is 0 Å². The molecule has 2 heteroatoms. The summed E-state index contributed by atoms with van der Waals surface area (Å²) in [6, 6.07) is 45.7. The maximum atomic E-state index is 4.92. The van der Waals surface area contributed by atoms with E-state index in [1.807, 2.05) is 12.4 Å². The van der Waals surface area contributed by atoms with Crippen molar-refractivity contribution in [1.82, 2.24) is 9.97 Å². The van der Waals surface area contributed by atoms with Gasteiger partial charge in [-0.15, -0.1) is 0 Å². The van der Waals surface area contributed by atoms with Gasteiger partial charge in [-0.3, -0.25) is 9.97 Å². The molecule has 0 bridgehead atoms. The molecular formula is C48H28N2. The molecule has 12 rings (SSSR count). The summed E-state index contributed by atoms with van der Waals surface area (Å²) in [5.74, 6) is 0. The van der Waals surface area contributed by atoms with Gasteiger partial charge in [0.05, 0.1) is 11.4 Å². The fraction of sp³-hybridized carbons (Fsp3) is 0.0417. The number of pyridine rings is 2. The number of fused-ring (bicyclic) bond motifs is 14. The number of benzene rings is 8. The number of aromatic nitrogens is 2. The molecule has 2 aliphatic carbocycles. The number of hydrogen-bond acceptors (Lipinski definition) is 2. The fourth-order valence-electron chi connectivity index (χ4n) is 9.48. The minimum atomic E-state index is 1.08. The van der Waals surface area contributed by atoms with Gasteiger partial charge in [-0.1, -0.05) is 90.5 Å². The Morgan fingerprint density at radius 1 is 0.340 bits per heavy atom. The van der Waals surface area contributed by atoms with Crippen LogP contribution in [0.25, 0.3) is 121 Å². The molecule has 2 heterocycles. The van der Waals surface area contributed by atoms with Crippen molar-refractivity contribution in [3.05, 3.63) is 145 Å². The van der Waals surface area contributed by atoms with Crippen LogP contribution in [0, 0.1) is 13.8 Å². The van der Waals surface area contributed by atoms with Crippen LogP contribution in [-0.2, 0) is 0 Å². The van der Waals surface area contributed by atoms with Gasteiger partial charge >= 0.3 is 0 Å². The second-order valence-electron chi connectivity index (χ2n) is 14.2. The van der Waals surface area contributed by atoms with E-state index in [-0.39, 0.29) is 0 Å². The van der Waals surface area contributed by atoms with Crippen molar-refractivity contribution in [3.8, 4) is 55.9 Å². The molecule has 0 saturated carbocycles. The van der Waals surface area contributed by atoms with Gasteiger partial charge < -0.3 is 0 Å². The Labute approximate surface area is 288 Å². The van der Waals surface area contributed by atoms with E-state index >= 15 is 0 Å². The molecule has 0 amide bonds. The maximum absolute atomic E-state index is 4.92. The zero-order valence-corrected chi connectivity index (χ0v) is 27.6. The molecule has 0 spiro atoms. The highest BCUT2D eigenvalue weighted by molar-refractivity contribution is 6.32. The second kappa shape index (κ2) is 9.19. The molecule has 0 radical (unpaired) electrons. The van der Waals surface area contributed by atoms with Gasteiger partial charge in [0, 0.05) is 34.6 Å². The first-order valence-electron chi connectivity index (χ1n) is 17.4. The Balaban J connectivity index is 1.26. The summed E-state index contributed by atoms with van der Waals surface area (Å²) < 4.78 is 0. The van der Waals surface area contributed by atoms with Crippen molar-refractivity contribution in [2.45, 2.75) is 13.8 Å². The molecule has 0 fully saturated rings. The van der Waals surface area contributed by atoms with Gasteiger partial charge in [0.25, 0.3) is 0 Å². The summed E-state index contributed by atoms with van der Waals surface area (Å²) in [6.45, 7) is 4.44. The molecule has 50 heavy (non-hydrogen) atoms. The molecule has 230 valence electrons. The van der Waals surface area contributed by atoms with Gasteiger partial charge in [-0.25, -0.2) is 0 Å². The van der Waals surface area contributed by atoms with Crippen LogP contribution in [0.15, 0.2) is 134 Å². The standard InChI is InChI=1S/C48H28N2/c1-25-14-16-29-35(20-25)41(22-40-32-17-15-26(2)44-34-13-7-19-50-48(34)43(46(32)44)24-38(29)40)36-21-39-31-11-5-10-30-33-12-6-18-49-47(33)42(45(30)31)23-37(39)28-9-4-3-8-27(28)36/h3-24H,1-2H3. The largest absolute Gasteiger partial charge is 0.256 e. The minimum absolute atomic E-state index is 1.08. The van der Waals surface area contributed by atoms with Gasteiger partial charge in [-0.05, 0) is 143 Å². The highest BCUT2D eigenvalue weighted by Gasteiger charge is 2.28. The maximum Gasteiger partial charge on any atom is 0.0787 e. The number of nitrogens with zero attached hydrogens (tertiary/aromatic N) is 2. The van der Waals surface area contributed by atoms with Crippen LogP contribution in [0.1, 0.15) is 11.1 Å². The Morgan fingerprint density at radius 3 is 1.70 bits per heavy atom. The van der Waals surface area contributed by atoms with Crippen LogP contribution in [0.4, 0.5) is 0 Å². The predicted molar refractivity (Wildman–Crippen MR) is 211 cm³/mol. The number of hydrogen-bond donors (Lipinski definition) is 0. The lowest BCUT2D eigenvalue weighted by Crippen LogP contribution is -1.91. The first-order chi connectivity index (χ1) is 24.6. The molecular weight excluding hydrogens is 605 g/mol. The summed E-state index contributed by atoms with van der Waals surface area (Å²) in [5.41, 5.74) is 14.8. The topological polar surface area (TPSA) is 25.8 Å². The average Bonchev–Trinajstić information content (AvgIpc) is 3.67. The van der Waals surface area contributed by atoms with E-state index in [0.29, 0.717) is 0 Å². The van der Waals surface area contributed by atoms with Crippen molar-refractivity contribution < 1.29 is 0 Å². The summed E-state index contributed by atoms with van der Waals surface area (Å²) in [5, 5.41) is 15.4. The van der Waals surface area contributed by atoms with Crippen LogP contribution >= 0.6 is 0 Å². The van der Waals surface area contributed by atoms with E-state index < -0.39 is 0 Å². The van der Waals surface area contributed by atoms with Crippen LogP contribution in [-0.4, -0.2) is 9.97 Å². The van der Waals surface area contributed by atoms with Crippen LogP contribution in [0.5, 0.6) is 0 Å². The molecule has 2 aliphatic rings. The summed E-state index contributed by atoms with van der Waals surface area (Å²) in [4.78, 5) is 9.80. The minimum Gasteiger partial charge on any atom is -0.256 e. The van der Waals surface area contributed by atoms with Gasteiger partial charge in [-0.2, -0.15) is 0 Å². The highest BCUT2D eigenvalue weighted by Crippen LogP contribution is 2.53. The molecule has 2 aromatic heterocycles. The molecule has 0 atom stereocenters. The summed E-state index contributed by atoms with van der Waals surface area (Å²) in [6.07, 6.45) is 3.85. The third-order valence-corrected chi connectivity index (χ3v) is 11.6. The SMILES string of the molecule is Cc1ccc2c(c1)c(-c1cc3c4cccc5c4c(cc3c3ccccc13)-c1ncccc1-5)cc1c3ccc(C)c4c3c(cc21)-c1ncccc1-4. The lowest BCUT2D eigenvalue weighted by atomic mass is 9.85. The van der Waals surface area contributed by atoms with E-state index in [4.69, 9.17) is 9.97 Å². The second-order valence-corrected chi connectivity index (χ2v) is 14.2. The molecule has 2 nitrogen and oxygen atoms in total. The highest BCUT2D eigenvalue weighted by atomic mass is 14.7. The normalized spacial score (nSPS) is 12.6. The third-order valence-electron chi connectivity index (χ3n) is 11.6. The lowest BCUT2D eigenvalue weighted by molar-refractivity contribution is 1.34. The van der Waals surface area contributed by atoms with Crippen molar-refractivity contribution in [2.75, 3.05) is 0 Å². The monoisotopic (exact) mass is 632 g/mol. The third kappa shape index (κ3) is 3.19. The van der Waals surface area contributed by atoms with Crippen molar-refractivity contribution in [1.29, 1.82) is 0 Å². The first kappa shape index (κ1) is 26.6. The van der Waals surface area contributed by atoms with E-state index in [1.54, 1.807) is 0 Å². The molecule has 0 unspecified atom stereocenters. The molecule has 0 saturated heterocycles. The Morgan fingerprint density at radius 2 is 0.900 bits per heavy atom. The average molecular weight is 633 g/mol. The Bertz CT molecular complexity index is 3220. The zero-order chi connectivity index (χ0) is 32.8. The van der Waals surface area contributed by atoms with Gasteiger partial charge in [0.2, 0.25) is 0 Å². The van der Waals surface area contributed by atoms with E-state index in [0.717, 1.165) is 11.4 Å². The quantitative estimate of drug-likeness (QED) is 0.168. The molecule has 8 aromatic carbocycles. The lowest BCUT2D eigenvalue weighted by Gasteiger charge is -2.18. The van der Waals surface area contributed by atoms with E-state index in [2.05, 4.69) is 135 Å². The number of rotatable bonds is 1. The molecule has 0 aliphatic heterocycles. The fourth-order valence-corrected chi connectivity index (χ4v) is 9.48. The smallest absolute Gasteiger partial charge is 0.0787 e. The van der Waals surface area contributed by atoms with Gasteiger partial charge in [0.15, 0.2) is 0 Å².